The Hall–Kier alpha value is -0.830. The molecule has 0 saturated carbocycles. The lowest BCUT2D eigenvalue weighted by atomic mass is 10.3. The standard InChI is InChI=1S/C8H12N2S/c1-2-8(9)10-5-7-3-4-11-6-7/h3-4,6H,2,5H2,1H3,(H2,9,10). The molecule has 60 valence electrons. The first-order chi connectivity index (χ1) is 5.33. The molecule has 1 aromatic heterocycles. The molecule has 0 aliphatic heterocycles. The molecule has 1 rings (SSSR count). The van der Waals surface area contributed by atoms with Gasteiger partial charge in [-0.1, -0.05) is 6.92 Å². The summed E-state index contributed by atoms with van der Waals surface area (Å²) in [7, 11) is 0. The second kappa shape index (κ2) is 4.13. The molecule has 0 atom stereocenters. The van der Waals surface area contributed by atoms with Crippen molar-refractivity contribution in [3.05, 3.63) is 22.4 Å². The average Bonchev–Trinajstić information content (AvgIpc) is 2.52. The number of thiophene rings is 1. The third-order valence-corrected chi connectivity index (χ3v) is 2.14. The lowest BCUT2D eigenvalue weighted by Crippen LogP contribution is -2.09. The van der Waals surface area contributed by atoms with Gasteiger partial charge in [-0.05, 0) is 22.4 Å². The summed E-state index contributed by atoms with van der Waals surface area (Å²) >= 11 is 1.69. The fourth-order valence-corrected chi connectivity index (χ4v) is 1.35. The molecule has 0 bridgehead atoms. The normalized spacial score (nSPS) is 11.9. The van der Waals surface area contributed by atoms with Gasteiger partial charge in [0.1, 0.15) is 0 Å². The van der Waals surface area contributed by atoms with Crippen LogP contribution in [0.3, 0.4) is 0 Å². The van der Waals surface area contributed by atoms with E-state index in [0.29, 0.717) is 0 Å². The van der Waals surface area contributed by atoms with Gasteiger partial charge in [0.05, 0.1) is 12.4 Å². The van der Waals surface area contributed by atoms with Crippen molar-refractivity contribution in [2.75, 3.05) is 0 Å². The molecule has 0 aliphatic rings. The summed E-state index contributed by atoms with van der Waals surface area (Å²) in [5.74, 6) is 0.733. The molecule has 0 saturated heterocycles. The molecule has 3 heteroatoms. The molecule has 0 amide bonds. The number of hydrogen-bond acceptors (Lipinski definition) is 2. The summed E-state index contributed by atoms with van der Waals surface area (Å²) in [5.41, 5.74) is 6.78. The Morgan fingerprint density at radius 1 is 1.73 bits per heavy atom. The molecule has 1 aromatic rings. The van der Waals surface area contributed by atoms with Crippen molar-refractivity contribution in [2.45, 2.75) is 19.9 Å². The fraction of sp³-hybridized carbons (Fsp3) is 0.375. The van der Waals surface area contributed by atoms with Crippen LogP contribution in [0.15, 0.2) is 21.8 Å². The van der Waals surface area contributed by atoms with E-state index in [-0.39, 0.29) is 0 Å². The molecule has 0 fully saturated rings. The molecule has 2 N–H and O–H groups in total. The number of nitrogens with zero attached hydrogens (tertiary/aromatic N) is 1. The fourth-order valence-electron chi connectivity index (χ4n) is 0.687. The molecular weight excluding hydrogens is 156 g/mol. The highest BCUT2D eigenvalue weighted by Gasteiger charge is 1.90. The quantitative estimate of drug-likeness (QED) is 0.544. The van der Waals surface area contributed by atoms with Gasteiger partial charge in [0.25, 0.3) is 0 Å². The third kappa shape index (κ3) is 2.72. The summed E-state index contributed by atoms with van der Waals surface area (Å²) in [4.78, 5) is 4.19. The Kier molecular flexibility index (Phi) is 3.11. The first-order valence-electron chi connectivity index (χ1n) is 3.62. The minimum absolute atomic E-state index is 0.725. The minimum Gasteiger partial charge on any atom is -0.387 e. The smallest absolute Gasteiger partial charge is 0.0938 e. The summed E-state index contributed by atoms with van der Waals surface area (Å²) in [6.45, 7) is 2.73. The molecule has 0 radical (unpaired) electrons. The van der Waals surface area contributed by atoms with E-state index in [1.54, 1.807) is 11.3 Å². The Labute approximate surface area is 70.8 Å². The lowest BCUT2D eigenvalue weighted by Gasteiger charge is -1.93. The number of amidine groups is 1. The molecular formula is C8H12N2S. The predicted octanol–water partition coefficient (Wildman–Crippen LogP) is 2.02. The van der Waals surface area contributed by atoms with Gasteiger partial charge in [0.2, 0.25) is 0 Å². The topological polar surface area (TPSA) is 38.4 Å². The van der Waals surface area contributed by atoms with Gasteiger partial charge in [0, 0.05) is 6.42 Å². The highest BCUT2D eigenvalue weighted by atomic mass is 32.1. The van der Waals surface area contributed by atoms with Gasteiger partial charge < -0.3 is 5.73 Å². The van der Waals surface area contributed by atoms with Crippen LogP contribution in [0.4, 0.5) is 0 Å². The Morgan fingerprint density at radius 3 is 3.09 bits per heavy atom. The summed E-state index contributed by atoms with van der Waals surface area (Å²) < 4.78 is 0. The average molecular weight is 168 g/mol. The first-order valence-corrected chi connectivity index (χ1v) is 4.57. The van der Waals surface area contributed by atoms with Crippen LogP contribution in [-0.2, 0) is 6.54 Å². The van der Waals surface area contributed by atoms with Crippen LogP contribution in [0.25, 0.3) is 0 Å². The number of rotatable bonds is 3. The van der Waals surface area contributed by atoms with Crippen LogP contribution in [0, 0.1) is 0 Å². The van der Waals surface area contributed by atoms with Gasteiger partial charge in [-0.15, -0.1) is 0 Å². The van der Waals surface area contributed by atoms with Crippen molar-refractivity contribution < 1.29 is 0 Å². The highest BCUT2D eigenvalue weighted by molar-refractivity contribution is 7.07. The zero-order chi connectivity index (χ0) is 8.10. The Morgan fingerprint density at radius 2 is 2.55 bits per heavy atom. The number of hydrogen-bond donors (Lipinski definition) is 1. The third-order valence-electron chi connectivity index (χ3n) is 1.41. The largest absolute Gasteiger partial charge is 0.387 e. The van der Waals surface area contributed by atoms with E-state index in [2.05, 4.69) is 16.4 Å². The maximum atomic E-state index is 5.54. The number of nitrogens with two attached hydrogens (primary N) is 1. The van der Waals surface area contributed by atoms with Gasteiger partial charge in [-0.25, -0.2) is 0 Å². The second-order valence-corrected chi connectivity index (χ2v) is 3.07. The van der Waals surface area contributed by atoms with Crippen LogP contribution < -0.4 is 5.73 Å². The second-order valence-electron chi connectivity index (χ2n) is 2.29. The Balaban J connectivity index is 2.45. The van der Waals surface area contributed by atoms with E-state index in [1.165, 1.54) is 5.56 Å². The molecule has 0 aliphatic carbocycles. The van der Waals surface area contributed by atoms with Crippen LogP contribution in [0.2, 0.25) is 0 Å². The summed E-state index contributed by atoms with van der Waals surface area (Å²) in [6, 6.07) is 2.07. The molecule has 11 heavy (non-hydrogen) atoms. The van der Waals surface area contributed by atoms with E-state index in [4.69, 9.17) is 5.73 Å². The van der Waals surface area contributed by atoms with Crippen molar-refractivity contribution in [3.63, 3.8) is 0 Å². The number of aliphatic imine (C=N–C) groups is 1. The SMILES string of the molecule is CCC(N)=NCc1ccsc1. The summed E-state index contributed by atoms with van der Waals surface area (Å²) in [5, 5.41) is 4.14. The zero-order valence-electron chi connectivity index (χ0n) is 6.58. The maximum absolute atomic E-state index is 5.54. The maximum Gasteiger partial charge on any atom is 0.0938 e. The van der Waals surface area contributed by atoms with E-state index in [0.717, 1.165) is 18.8 Å². The highest BCUT2D eigenvalue weighted by Crippen LogP contribution is 2.06. The minimum atomic E-state index is 0.725. The zero-order valence-corrected chi connectivity index (χ0v) is 7.40. The van der Waals surface area contributed by atoms with Crippen LogP contribution in [0.1, 0.15) is 18.9 Å². The first kappa shape index (κ1) is 8.27. The van der Waals surface area contributed by atoms with Gasteiger partial charge in [0.15, 0.2) is 0 Å². The van der Waals surface area contributed by atoms with E-state index in [9.17, 15) is 0 Å². The van der Waals surface area contributed by atoms with Crippen LogP contribution >= 0.6 is 11.3 Å². The van der Waals surface area contributed by atoms with Crippen molar-refractivity contribution in [1.82, 2.24) is 0 Å². The van der Waals surface area contributed by atoms with Crippen LogP contribution in [0.5, 0.6) is 0 Å². The van der Waals surface area contributed by atoms with Gasteiger partial charge in [-0.3, -0.25) is 4.99 Å². The molecule has 2 nitrogen and oxygen atoms in total. The van der Waals surface area contributed by atoms with E-state index >= 15 is 0 Å². The molecule has 0 spiro atoms. The Bertz CT molecular complexity index is 226. The van der Waals surface area contributed by atoms with Crippen molar-refractivity contribution >= 4 is 17.2 Å². The van der Waals surface area contributed by atoms with E-state index < -0.39 is 0 Å². The molecule has 0 unspecified atom stereocenters. The monoisotopic (exact) mass is 168 g/mol. The molecule has 0 aromatic carbocycles. The van der Waals surface area contributed by atoms with Crippen molar-refractivity contribution in [3.8, 4) is 0 Å². The van der Waals surface area contributed by atoms with Gasteiger partial charge >= 0.3 is 0 Å². The van der Waals surface area contributed by atoms with Crippen molar-refractivity contribution in [2.24, 2.45) is 10.7 Å². The van der Waals surface area contributed by atoms with Crippen LogP contribution in [-0.4, -0.2) is 5.84 Å². The molecule has 1 heterocycles. The lowest BCUT2D eigenvalue weighted by molar-refractivity contribution is 1.05. The van der Waals surface area contributed by atoms with E-state index in [1.807, 2.05) is 12.3 Å². The van der Waals surface area contributed by atoms with Crippen molar-refractivity contribution in [1.29, 1.82) is 0 Å². The van der Waals surface area contributed by atoms with Gasteiger partial charge in [-0.2, -0.15) is 11.3 Å². The summed E-state index contributed by atoms with van der Waals surface area (Å²) in [6.07, 6.45) is 0.837. The predicted molar refractivity (Wildman–Crippen MR) is 49.9 cm³/mol.